The first-order chi connectivity index (χ1) is 13.7. The number of benzene rings is 2. The van der Waals surface area contributed by atoms with Gasteiger partial charge in [0.25, 0.3) is 15.9 Å². The average molecular weight is 416 g/mol. The van der Waals surface area contributed by atoms with E-state index in [4.69, 9.17) is 4.74 Å². The third-order valence-corrected chi connectivity index (χ3v) is 5.98. The number of anilines is 1. The fourth-order valence-corrected chi connectivity index (χ4v) is 4.42. The highest BCUT2D eigenvalue weighted by Crippen LogP contribution is 2.33. The van der Waals surface area contributed by atoms with Crippen molar-refractivity contribution in [2.45, 2.75) is 32.2 Å². The zero-order chi connectivity index (χ0) is 21.2. The molecule has 7 nitrogen and oxygen atoms in total. The molecule has 0 aliphatic carbocycles. The van der Waals surface area contributed by atoms with E-state index in [9.17, 15) is 13.2 Å². The second-order valence-corrected chi connectivity index (χ2v) is 8.90. The summed E-state index contributed by atoms with van der Waals surface area (Å²) in [6.45, 7) is 6.75. The van der Waals surface area contributed by atoms with Crippen molar-refractivity contribution in [1.82, 2.24) is 5.32 Å². The third-order valence-electron chi connectivity index (χ3n) is 4.59. The molecule has 0 saturated heterocycles. The maximum atomic E-state index is 12.6. The Morgan fingerprint density at radius 1 is 1.17 bits per heavy atom. The summed E-state index contributed by atoms with van der Waals surface area (Å²) in [5, 5.41) is 2.82. The van der Waals surface area contributed by atoms with Crippen LogP contribution >= 0.6 is 0 Å². The van der Waals surface area contributed by atoms with Gasteiger partial charge in [-0.05, 0) is 48.7 Å². The monoisotopic (exact) mass is 415 g/mol. The smallest absolute Gasteiger partial charge is 0.286 e. The van der Waals surface area contributed by atoms with Crippen LogP contribution in [0.4, 0.5) is 5.69 Å². The molecular formula is C21H25N3O4S. The van der Waals surface area contributed by atoms with Gasteiger partial charge in [0.2, 0.25) is 0 Å². The summed E-state index contributed by atoms with van der Waals surface area (Å²) in [4.78, 5) is 14.5. The zero-order valence-corrected chi connectivity index (χ0v) is 17.8. The lowest BCUT2D eigenvalue weighted by Crippen LogP contribution is -2.36. The molecule has 0 fully saturated rings. The van der Waals surface area contributed by atoms with Crippen LogP contribution in [-0.4, -0.2) is 33.8 Å². The highest BCUT2D eigenvalue weighted by molar-refractivity contribution is 7.90. The summed E-state index contributed by atoms with van der Waals surface area (Å²) in [5.41, 5.74) is 1.74. The molecular weight excluding hydrogens is 390 g/mol. The lowest BCUT2D eigenvalue weighted by atomic mass is 10.1. The Labute approximate surface area is 171 Å². The zero-order valence-electron chi connectivity index (χ0n) is 17.0. The number of ether oxygens (including phenoxy) is 1. The van der Waals surface area contributed by atoms with Crippen molar-refractivity contribution in [3.8, 4) is 5.75 Å². The summed E-state index contributed by atoms with van der Waals surface area (Å²) in [7, 11) is -2.25. The Balaban J connectivity index is 1.82. The van der Waals surface area contributed by atoms with Crippen molar-refractivity contribution in [3.63, 3.8) is 0 Å². The fourth-order valence-electron chi connectivity index (χ4n) is 3.16. The maximum absolute atomic E-state index is 12.6. The first-order valence-electron chi connectivity index (χ1n) is 9.35. The molecule has 1 N–H and O–H groups in total. The van der Waals surface area contributed by atoms with E-state index in [1.165, 1.54) is 6.07 Å². The van der Waals surface area contributed by atoms with Gasteiger partial charge in [-0.1, -0.05) is 26.0 Å². The fraction of sp³-hybridized carbons (Fsp3) is 0.333. The second kappa shape index (κ2) is 8.24. The highest BCUT2D eigenvalue weighted by Gasteiger charge is 2.30. The van der Waals surface area contributed by atoms with Gasteiger partial charge >= 0.3 is 0 Å². The molecule has 1 aliphatic rings. The van der Waals surface area contributed by atoms with E-state index in [-0.39, 0.29) is 16.4 Å². The first-order valence-corrected chi connectivity index (χ1v) is 10.8. The summed E-state index contributed by atoms with van der Waals surface area (Å²) in [6, 6.07) is 12.1. The van der Waals surface area contributed by atoms with E-state index in [2.05, 4.69) is 23.6 Å². The van der Waals surface area contributed by atoms with Gasteiger partial charge in [-0.2, -0.15) is 8.42 Å². The normalized spacial score (nSPS) is 14.9. The van der Waals surface area contributed by atoms with Crippen molar-refractivity contribution in [3.05, 3.63) is 53.6 Å². The molecule has 2 aromatic rings. The van der Waals surface area contributed by atoms with Crippen molar-refractivity contribution < 1.29 is 17.9 Å². The molecule has 2 aromatic carbocycles. The van der Waals surface area contributed by atoms with Crippen molar-refractivity contribution in [1.29, 1.82) is 0 Å². The van der Waals surface area contributed by atoms with Gasteiger partial charge in [-0.15, -0.1) is 4.40 Å². The number of amidine groups is 1. The minimum Gasteiger partial charge on any atom is -0.497 e. The Hall–Kier alpha value is -2.87. The minimum absolute atomic E-state index is 0.0563. The number of nitrogens with one attached hydrogen (secondary N) is 1. The number of carbonyl (C=O) groups is 1. The van der Waals surface area contributed by atoms with Gasteiger partial charge in [0.15, 0.2) is 0 Å². The number of nitrogens with zero attached hydrogens (tertiary/aromatic N) is 2. The van der Waals surface area contributed by atoms with E-state index in [0.717, 1.165) is 11.3 Å². The predicted octanol–water partition coefficient (Wildman–Crippen LogP) is 3.21. The van der Waals surface area contributed by atoms with Crippen LogP contribution in [0.1, 0.15) is 36.7 Å². The highest BCUT2D eigenvalue weighted by atomic mass is 32.2. The molecule has 1 heterocycles. The topological polar surface area (TPSA) is 88.1 Å². The lowest BCUT2D eigenvalue weighted by molar-refractivity contribution is 0.0950. The number of rotatable bonds is 6. The Bertz CT molecular complexity index is 1040. The van der Waals surface area contributed by atoms with E-state index >= 15 is 0 Å². The molecule has 0 spiro atoms. The van der Waals surface area contributed by atoms with Gasteiger partial charge in [0.1, 0.15) is 16.5 Å². The lowest BCUT2D eigenvalue weighted by Gasteiger charge is -2.30. The van der Waals surface area contributed by atoms with Crippen LogP contribution in [0.5, 0.6) is 5.75 Å². The van der Waals surface area contributed by atoms with Crippen molar-refractivity contribution in [2.75, 3.05) is 18.6 Å². The van der Waals surface area contributed by atoms with Crippen molar-refractivity contribution >= 4 is 27.5 Å². The molecule has 0 unspecified atom stereocenters. The van der Waals surface area contributed by atoms with Crippen LogP contribution in [0.15, 0.2) is 51.8 Å². The SMILES string of the molecule is COc1ccc(CNC(=O)c2ccc3c(c2)S(=O)(=O)N=C(C)N3CC(C)C)cc1. The van der Waals surface area contributed by atoms with Gasteiger partial charge in [0, 0.05) is 18.7 Å². The van der Waals surface area contributed by atoms with E-state index in [1.54, 1.807) is 26.2 Å². The van der Waals surface area contributed by atoms with Gasteiger partial charge in [-0.3, -0.25) is 4.79 Å². The van der Waals surface area contributed by atoms with Crippen LogP contribution in [0.3, 0.4) is 0 Å². The number of hydrogen-bond acceptors (Lipinski definition) is 5. The van der Waals surface area contributed by atoms with Crippen LogP contribution in [0.25, 0.3) is 0 Å². The number of methoxy groups -OCH3 is 1. The molecule has 0 saturated carbocycles. The quantitative estimate of drug-likeness (QED) is 0.783. The summed E-state index contributed by atoms with van der Waals surface area (Å²) < 4.78 is 34.1. The first kappa shape index (κ1) is 20.9. The molecule has 3 rings (SSSR count). The molecule has 0 aromatic heterocycles. The van der Waals surface area contributed by atoms with Crippen LogP contribution in [0, 0.1) is 5.92 Å². The van der Waals surface area contributed by atoms with Gasteiger partial charge < -0.3 is 15.0 Å². The standard InChI is InChI=1S/C21H25N3O4S/c1-14(2)13-24-15(3)23-29(26,27)20-11-17(7-10-19(20)24)21(25)22-12-16-5-8-18(28-4)9-6-16/h5-11,14H,12-13H2,1-4H3,(H,22,25). The Morgan fingerprint density at radius 3 is 2.48 bits per heavy atom. The molecule has 1 amide bonds. The van der Waals surface area contributed by atoms with E-state index < -0.39 is 10.0 Å². The number of fused-ring (bicyclic) bond motifs is 1. The average Bonchev–Trinajstić information content (AvgIpc) is 2.69. The number of amides is 1. The van der Waals surface area contributed by atoms with Crippen molar-refractivity contribution in [2.24, 2.45) is 10.3 Å². The Kier molecular flexibility index (Phi) is 5.93. The molecule has 0 bridgehead atoms. The molecule has 8 heteroatoms. The van der Waals surface area contributed by atoms with E-state index in [0.29, 0.717) is 30.5 Å². The summed E-state index contributed by atoms with van der Waals surface area (Å²) >= 11 is 0. The van der Waals surface area contributed by atoms with Crippen LogP contribution in [-0.2, 0) is 16.6 Å². The molecule has 0 atom stereocenters. The molecule has 154 valence electrons. The predicted molar refractivity (Wildman–Crippen MR) is 113 cm³/mol. The molecule has 0 radical (unpaired) electrons. The van der Waals surface area contributed by atoms with Gasteiger partial charge in [0.05, 0.1) is 12.8 Å². The number of hydrogen-bond donors (Lipinski definition) is 1. The largest absolute Gasteiger partial charge is 0.497 e. The minimum atomic E-state index is -3.84. The van der Waals surface area contributed by atoms with Crippen LogP contribution < -0.4 is 15.0 Å². The van der Waals surface area contributed by atoms with Gasteiger partial charge in [-0.25, -0.2) is 0 Å². The van der Waals surface area contributed by atoms with E-state index in [1.807, 2.05) is 29.2 Å². The summed E-state index contributed by atoms with van der Waals surface area (Å²) in [6.07, 6.45) is 0. The maximum Gasteiger partial charge on any atom is 0.286 e. The third kappa shape index (κ3) is 4.59. The molecule has 29 heavy (non-hydrogen) atoms. The second-order valence-electron chi connectivity index (χ2n) is 7.33. The number of sulfonamides is 1. The molecule has 1 aliphatic heterocycles. The van der Waals surface area contributed by atoms with Crippen LogP contribution in [0.2, 0.25) is 0 Å². The number of carbonyl (C=O) groups excluding carboxylic acids is 1. The Morgan fingerprint density at radius 2 is 1.86 bits per heavy atom. The summed E-state index contributed by atoms with van der Waals surface area (Å²) in [5.74, 6) is 1.14.